The summed E-state index contributed by atoms with van der Waals surface area (Å²) in [6.07, 6.45) is -0.886. The summed E-state index contributed by atoms with van der Waals surface area (Å²) < 4.78 is 36.7. The zero-order valence-electron chi connectivity index (χ0n) is 16.3. The molecule has 1 saturated heterocycles. The van der Waals surface area contributed by atoms with Crippen LogP contribution in [0.3, 0.4) is 0 Å². The number of ether oxygens (including phenoxy) is 1. The van der Waals surface area contributed by atoms with E-state index < -0.39 is 46.5 Å². The van der Waals surface area contributed by atoms with Crippen LogP contribution in [0.1, 0.15) is 19.5 Å². The number of hydrogen-bond acceptors (Lipinski definition) is 10. The molecular weight excluding hydrogens is 462 g/mol. The van der Waals surface area contributed by atoms with Crippen molar-refractivity contribution in [3.05, 3.63) is 10.3 Å². The highest BCUT2D eigenvalue weighted by atomic mass is 32.1. The normalized spacial score (nSPS) is 26.8. The molecule has 1 fully saturated rings. The van der Waals surface area contributed by atoms with Gasteiger partial charge in [0.2, 0.25) is 5.95 Å². The van der Waals surface area contributed by atoms with Gasteiger partial charge in [0.15, 0.2) is 0 Å². The molecule has 0 aromatic carbocycles. The third-order valence-electron chi connectivity index (χ3n) is 4.32. The van der Waals surface area contributed by atoms with Gasteiger partial charge in [0.25, 0.3) is 0 Å². The van der Waals surface area contributed by atoms with Gasteiger partial charge in [-0.3, -0.25) is 9.52 Å². The van der Waals surface area contributed by atoms with Crippen molar-refractivity contribution >= 4 is 45.7 Å². The molecule has 13 nitrogen and oxygen atoms in total. The number of aliphatic imine (C=N–C) groups is 1. The lowest BCUT2D eigenvalue weighted by Gasteiger charge is -2.18. The topological polar surface area (TPSA) is 196 Å². The molecule has 30 heavy (non-hydrogen) atoms. The van der Waals surface area contributed by atoms with Gasteiger partial charge in [-0.15, -0.1) is 0 Å². The maximum absolute atomic E-state index is 11.6. The standard InChI is InChI=1S/C14H24N4O9P2S/c1-4-16-11-8(17-14(15-3)18-13(11)30)5-9-7(2)12(19)10(26-9)6-25-29(23,24)27-28(20,21)22/h4,7,9-10,12,19H,5-6H2,1-3H3,(H,23,24)(H2,20,21,22)(H2,15,17,18,30)/b16-4-/t7-,9-,10+,12-/m0/s1. The number of phosphoric acid groups is 2. The largest absolute Gasteiger partial charge is 0.481 e. The van der Waals surface area contributed by atoms with E-state index in [-0.39, 0.29) is 6.42 Å². The van der Waals surface area contributed by atoms with Crippen LogP contribution in [0.2, 0.25) is 0 Å². The number of nitrogens with one attached hydrogen (secondary N) is 2. The van der Waals surface area contributed by atoms with E-state index in [0.717, 1.165) is 0 Å². The lowest BCUT2D eigenvalue weighted by molar-refractivity contribution is -0.0212. The van der Waals surface area contributed by atoms with Crippen LogP contribution in [0, 0.1) is 10.6 Å². The minimum Gasteiger partial charge on any atom is -0.390 e. The van der Waals surface area contributed by atoms with E-state index in [2.05, 4.69) is 29.1 Å². The lowest BCUT2D eigenvalue weighted by Crippen LogP contribution is -2.29. The fourth-order valence-corrected chi connectivity index (χ4v) is 4.78. The molecule has 0 saturated carbocycles. The van der Waals surface area contributed by atoms with Crippen molar-refractivity contribution in [2.24, 2.45) is 10.9 Å². The average Bonchev–Trinajstić information content (AvgIpc) is 2.88. The quantitative estimate of drug-likeness (QED) is 0.167. The second-order valence-corrected chi connectivity index (χ2v) is 9.69. The summed E-state index contributed by atoms with van der Waals surface area (Å²) in [4.78, 5) is 38.2. The first kappa shape index (κ1) is 25.2. The average molecular weight is 486 g/mol. The fourth-order valence-electron chi connectivity index (χ4n) is 2.91. The predicted molar refractivity (Wildman–Crippen MR) is 109 cm³/mol. The van der Waals surface area contributed by atoms with Crippen molar-refractivity contribution in [2.45, 2.75) is 38.6 Å². The Bertz CT molecular complexity index is 936. The van der Waals surface area contributed by atoms with Gasteiger partial charge in [-0.25, -0.2) is 14.1 Å². The first-order valence-electron chi connectivity index (χ1n) is 8.74. The molecule has 0 radical (unpaired) electrons. The molecule has 1 aromatic heterocycles. The summed E-state index contributed by atoms with van der Waals surface area (Å²) in [6, 6.07) is 0. The van der Waals surface area contributed by atoms with Crippen molar-refractivity contribution < 1.29 is 42.5 Å². The minimum atomic E-state index is -5.24. The third kappa shape index (κ3) is 6.72. The minimum absolute atomic E-state index is 0.226. The van der Waals surface area contributed by atoms with E-state index >= 15 is 0 Å². The predicted octanol–water partition coefficient (Wildman–Crippen LogP) is 1.44. The van der Waals surface area contributed by atoms with Gasteiger partial charge in [-0.2, -0.15) is 4.31 Å². The SMILES string of the molecule is C/C=N\c1c(C[C@@H]2O[C@H](COP(=O)(O)OP(=O)(O)O)[C@@H](O)[C@H]2C)nc(NC)[nH]c1=S. The molecular formula is C14H24N4O9P2S. The van der Waals surface area contributed by atoms with Crippen LogP contribution in [0.5, 0.6) is 0 Å². The maximum Gasteiger partial charge on any atom is 0.481 e. The Morgan fingerprint density at radius 2 is 2.03 bits per heavy atom. The smallest absolute Gasteiger partial charge is 0.390 e. The monoisotopic (exact) mass is 486 g/mol. The number of hydrogen-bond donors (Lipinski definition) is 6. The van der Waals surface area contributed by atoms with Crippen molar-refractivity contribution in [2.75, 3.05) is 19.0 Å². The molecule has 170 valence electrons. The van der Waals surface area contributed by atoms with Crippen molar-refractivity contribution in [1.82, 2.24) is 9.97 Å². The number of aliphatic hydroxyl groups excluding tert-OH is 1. The van der Waals surface area contributed by atoms with E-state index in [1.165, 1.54) is 0 Å². The van der Waals surface area contributed by atoms with Gasteiger partial charge in [0.05, 0.1) is 24.5 Å². The first-order chi connectivity index (χ1) is 13.9. The second-order valence-electron chi connectivity index (χ2n) is 6.45. The Morgan fingerprint density at radius 3 is 2.60 bits per heavy atom. The molecule has 16 heteroatoms. The van der Waals surface area contributed by atoms with Crippen LogP contribution in [0.25, 0.3) is 0 Å². The molecule has 6 N–H and O–H groups in total. The molecule has 0 spiro atoms. The summed E-state index contributed by atoms with van der Waals surface area (Å²) >= 11 is 5.31. The highest BCUT2D eigenvalue weighted by molar-refractivity contribution is 7.71. The van der Waals surface area contributed by atoms with E-state index in [9.17, 15) is 19.1 Å². The van der Waals surface area contributed by atoms with E-state index in [1.807, 2.05) is 0 Å². The van der Waals surface area contributed by atoms with Crippen molar-refractivity contribution in [3.63, 3.8) is 0 Å². The zero-order valence-corrected chi connectivity index (χ0v) is 18.9. The molecule has 1 aromatic rings. The maximum atomic E-state index is 11.6. The van der Waals surface area contributed by atoms with Crippen LogP contribution >= 0.6 is 27.9 Å². The Kier molecular flexibility index (Phi) is 8.44. The number of aromatic nitrogens is 2. The van der Waals surface area contributed by atoms with Crippen molar-refractivity contribution in [1.29, 1.82) is 0 Å². The van der Waals surface area contributed by atoms with Crippen LogP contribution in [0.4, 0.5) is 11.6 Å². The summed E-state index contributed by atoms with van der Waals surface area (Å²) in [6.45, 7) is 2.81. The number of H-pyrrole nitrogens is 1. The van der Waals surface area contributed by atoms with Crippen molar-refractivity contribution in [3.8, 4) is 0 Å². The number of anilines is 1. The first-order valence-corrected chi connectivity index (χ1v) is 12.2. The molecule has 0 amide bonds. The van der Waals surface area contributed by atoms with E-state index in [0.29, 0.717) is 22.0 Å². The Labute approximate surface area is 177 Å². The highest BCUT2D eigenvalue weighted by Crippen LogP contribution is 2.57. The molecule has 5 atom stereocenters. The molecule has 1 unspecified atom stereocenters. The molecule has 0 bridgehead atoms. The number of nitrogens with zero attached hydrogens (tertiary/aromatic N) is 2. The summed E-state index contributed by atoms with van der Waals surface area (Å²) in [5.74, 6) is 0.00219. The number of aromatic amines is 1. The molecule has 2 rings (SSSR count). The van der Waals surface area contributed by atoms with Gasteiger partial charge in [-0.1, -0.05) is 19.1 Å². The Balaban J connectivity index is 2.14. The summed E-state index contributed by atoms with van der Waals surface area (Å²) in [5.41, 5.74) is 0.968. The third-order valence-corrected chi connectivity index (χ3v) is 6.77. The number of phosphoric ester groups is 1. The molecule has 1 aliphatic rings. The van der Waals surface area contributed by atoms with Gasteiger partial charge >= 0.3 is 15.6 Å². The Hall–Kier alpha value is -1.05. The van der Waals surface area contributed by atoms with Gasteiger partial charge in [-0.05, 0) is 6.92 Å². The van der Waals surface area contributed by atoms with E-state index in [1.54, 1.807) is 27.1 Å². The number of rotatable bonds is 9. The van der Waals surface area contributed by atoms with Crippen LogP contribution in [-0.4, -0.2) is 67.9 Å². The van der Waals surface area contributed by atoms with E-state index in [4.69, 9.17) is 26.7 Å². The van der Waals surface area contributed by atoms with Crippen LogP contribution in [0.15, 0.2) is 4.99 Å². The summed E-state index contributed by atoms with van der Waals surface area (Å²) in [5, 5.41) is 13.3. The molecule has 1 aliphatic heterocycles. The highest BCUT2D eigenvalue weighted by Gasteiger charge is 2.43. The van der Waals surface area contributed by atoms with Gasteiger partial charge in [0, 0.05) is 25.6 Å². The number of aliphatic hydroxyl groups is 1. The lowest BCUT2D eigenvalue weighted by atomic mass is 9.95. The molecule has 0 aliphatic carbocycles. The Morgan fingerprint density at radius 1 is 1.37 bits per heavy atom. The van der Waals surface area contributed by atoms with Gasteiger partial charge < -0.3 is 34.8 Å². The van der Waals surface area contributed by atoms with Crippen LogP contribution in [-0.2, 0) is 29.1 Å². The van der Waals surface area contributed by atoms with Crippen LogP contribution < -0.4 is 5.32 Å². The second kappa shape index (κ2) is 10.0. The summed E-state index contributed by atoms with van der Waals surface area (Å²) in [7, 11) is -8.62. The zero-order chi connectivity index (χ0) is 22.7. The van der Waals surface area contributed by atoms with Gasteiger partial charge in [0.1, 0.15) is 16.4 Å². The molecule has 2 heterocycles. The fraction of sp³-hybridized carbons (Fsp3) is 0.643.